The maximum Gasteiger partial charge on any atom is 0.149 e. The molecule has 1 aliphatic heterocycles. The van der Waals surface area contributed by atoms with Gasteiger partial charge >= 0.3 is 0 Å². The van der Waals surface area contributed by atoms with E-state index in [9.17, 15) is 9.65 Å². The number of benzene rings is 1. The molecule has 0 unspecified atom stereocenters. The van der Waals surface area contributed by atoms with Crippen LogP contribution in [-0.4, -0.2) is 57.1 Å². The van der Waals surface area contributed by atoms with E-state index in [1.165, 1.54) is 6.20 Å². The van der Waals surface area contributed by atoms with Crippen molar-refractivity contribution in [1.29, 1.82) is 5.26 Å². The molecule has 0 bridgehead atoms. The molecule has 1 aromatic heterocycles. The van der Waals surface area contributed by atoms with Gasteiger partial charge in [0.2, 0.25) is 0 Å². The normalized spacial score (nSPS) is 21.7. The molecule has 2 aromatic rings. The topological polar surface area (TPSA) is 91.2 Å². The van der Waals surface area contributed by atoms with Gasteiger partial charge in [-0.3, -0.25) is 0 Å². The van der Waals surface area contributed by atoms with Gasteiger partial charge in [0.25, 0.3) is 0 Å². The molecule has 7 nitrogen and oxygen atoms in total. The Morgan fingerprint density at radius 3 is 2.69 bits per heavy atom. The molecular weight excluding hydrogens is 445 g/mol. The fourth-order valence-corrected chi connectivity index (χ4v) is 4.91. The summed E-state index contributed by atoms with van der Waals surface area (Å²) in [5.41, 5.74) is 1.74. The van der Waals surface area contributed by atoms with Crippen LogP contribution in [0.5, 0.6) is 0 Å². The number of pyridine rings is 1. The maximum atomic E-state index is 14.8. The zero-order valence-electron chi connectivity index (χ0n) is 20.5. The largest absolute Gasteiger partial charge is 0.383 e. The first-order chi connectivity index (χ1) is 17.1. The lowest BCUT2D eigenvalue weighted by Crippen LogP contribution is -2.38. The molecule has 2 aliphatic rings. The molecule has 0 spiro atoms. The van der Waals surface area contributed by atoms with Crippen molar-refractivity contribution in [2.24, 2.45) is 5.41 Å². The minimum absolute atomic E-state index is 0.330. The predicted molar refractivity (Wildman–Crippen MR) is 136 cm³/mol. The fourth-order valence-electron chi connectivity index (χ4n) is 4.91. The highest BCUT2D eigenvalue weighted by molar-refractivity contribution is 5.70. The number of anilines is 2. The molecule has 4 rings (SSSR count). The molecule has 2 fully saturated rings. The van der Waals surface area contributed by atoms with Gasteiger partial charge in [-0.15, -0.1) is 0 Å². The van der Waals surface area contributed by atoms with Crippen LogP contribution in [0.4, 0.5) is 15.9 Å². The molecule has 0 radical (unpaired) electrons. The second-order valence-corrected chi connectivity index (χ2v) is 9.63. The highest BCUT2D eigenvalue weighted by Crippen LogP contribution is 2.32. The van der Waals surface area contributed by atoms with Gasteiger partial charge in [-0.1, -0.05) is 12.1 Å². The number of hydrogen-bond acceptors (Lipinski definition) is 7. The summed E-state index contributed by atoms with van der Waals surface area (Å²) in [4.78, 5) is 4.30. The van der Waals surface area contributed by atoms with Crippen molar-refractivity contribution >= 4 is 11.5 Å². The first-order valence-electron chi connectivity index (χ1n) is 12.6. The van der Waals surface area contributed by atoms with Gasteiger partial charge in [-0.2, -0.15) is 5.26 Å². The Kier molecular flexibility index (Phi) is 8.91. The molecule has 0 atom stereocenters. The van der Waals surface area contributed by atoms with Crippen LogP contribution in [0, 0.1) is 22.6 Å². The minimum atomic E-state index is -0.425. The molecular formula is C27H36FN5O2. The number of nitrogens with one attached hydrogen (secondary N) is 3. The Hall–Kier alpha value is -2.73. The van der Waals surface area contributed by atoms with E-state index < -0.39 is 5.41 Å². The van der Waals surface area contributed by atoms with E-state index in [4.69, 9.17) is 9.47 Å². The molecule has 1 aliphatic carbocycles. The van der Waals surface area contributed by atoms with Crippen molar-refractivity contribution in [1.82, 2.24) is 10.3 Å². The molecule has 35 heavy (non-hydrogen) atoms. The summed E-state index contributed by atoms with van der Waals surface area (Å²) in [5.74, 6) is 0.345. The van der Waals surface area contributed by atoms with Crippen LogP contribution in [0.2, 0.25) is 0 Å². The van der Waals surface area contributed by atoms with E-state index in [-0.39, 0.29) is 5.82 Å². The molecule has 1 aromatic carbocycles. The summed E-state index contributed by atoms with van der Waals surface area (Å²) in [5, 5.41) is 20.1. The van der Waals surface area contributed by atoms with Gasteiger partial charge in [-0.05, 0) is 62.3 Å². The lowest BCUT2D eigenvalue weighted by molar-refractivity contribution is 0.0456. The molecule has 1 saturated carbocycles. The number of halogens is 1. The number of nitrogens with zero attached hydrogens (tertiary/aromatic N) is 2. The van der Waals surface area contributed by atoms with Crippen LogP contribution in [0.3, 0.4) is 0 Å². The third-order valence-electron chi connectivity index (χ3n) is 7.17. The second kappa shape index (κ2) is 12.3. The molecule has 0 amide bonds. The number of nitriles is 1. The van der Waals surface area contributed by atoms with Crippen molar-refractivity contribution in [3.8, 4) is 17.2 Å². The Balaban J connectivity index is 1.38. The van der Waals surface area contributed by atoms with Crippen LogP contribution in [-0.2, 0) is 9.47 Å². The Morgan fingerprint density at radius 2 is 1.94 bits per heavy atom. The van der Waals surface area contributed by atoms with E-state index in [2.05, 4.69) is 27.0 Å². The lowest BCUT2D eigenvalue weighted by Gasteiger charge is -2.31. The zero-order chi connectivity index (χ0) is 24.5. The molecule has 8 heteroatoms. The van der Waals surface area contributed by atoms with Crippen LogP contribution in [0.15, 0.2) is 36.5 Å². The first kappa shape index (κ1) is 25.4. The average molecular weight is 482 g/mol. The van der Waals surface area contributed by atoms with Gasteiger partial charge < -0.3 is 25.4 Å². The predicted octanol–water partition coefficient (Wildman–Crippen LogP) is 4.58. The summed E-state index contributed by atoms with van der Waals surface area (Å²) < 4.78 is 25.3. The smallest absolute Gasteiger partial charge is 0.149 e. The van der Waals surface area contributed by atoms with Crippen molar-refractivity contribution < 1.29 is 13.9 Å². The summed E-state index contributed by atoms with van der Waals surface area (Å²) in [6, 6.07) is 12.8. The molecule has 188 valence electrons. The number of hydrogen-bond donors (Lipinski definition) is 3. The molecule has 1 saturated heterocycles. The fraction of sp³-hybridized carbons (Fsp3) is 0.556. The van der Waals surface area contributed by atoms with Crippen LogP contribution in [0.25, 0.3) is 11.1 Å². The van der Waals surface area contributed by atoms with Crippen molar-refractivity contribution in [3.63, 3.8) is 0 Å². The van der Waals surface area contributed by atoms with E-state index >= 15 is 0 Å². The summed E-state index contributed by atoms with van der Waals surface area (Å²) in [6.07, 6.45) is 7.01. The Labute approximate surface area is 207 Å². The molecule has 3 N–H and O–H groups in total. The highest BCUT2D eigenvalue weighted by Gasteiger charge is 2.32. The number of rotatable bonds is 10. The second-order valence-electron chi connectivity index (χ2n) is 9.63. The Bertz CT molecular complexity index is 997. The monoisotopic (exact) mass is 481 g/mol. The first-order valence-corrected chi connectivity index (χ1v) is 12.6. The van der Waals surface area contributed by atoms with E-state index in [1.54, 1.807) is 13.2 Å². The van der Waals surface area contributed by atoms with Crippen molar-refractivity contribution in [2.45, 2.75) is 50.6 Å². The number of methoxy groups -OCH3 is 1. The highest BCUT2D eigenvalue weighted by atomic mass is 19.1. The minimum Gasteiger partial charge on any atom is -0.383 e. The van der Waals surface area contributed by atoms with Gasteiger partial charge in [0.05, 0.1) is 24.3 Å². The van der Waals surface area contributed by atoms with Crippen LogP contribution < -0.4 is 16.0 Å². The van der Waals surface area contributed by atoms with Gasteiger partial charge in [0, 0.05) is 56.7 Å². The van der Waals surface area contributed by atoms with Gasteiger partial charge in [-0.25, -0.2) is 9.37 Å². The van der Waals surface area contributed by atoms with Gasteiger partial charge in [0.15, 0.2) is 0 Å². The van der Waals surface area contributed by atoms with Crippen molar-refractivity contribution in [2.75, 3.05) is 50.7 Å². The Morgan fingerprint density at radius 1 is 1.17 bits per heavy atom. The van der Waals surface area contributed by atoms with Gasteiger partial charge in [0.1, 0.15) is 11.6 Å². The quantitative estimate of drug-likeness (QED) is 0.428. The van der Waals surface area contributed by atoms with Crippen LogP contribution >= 0.6 is 0 Å². The third-order valence-corrected chi connectivity index (χ3v) is 7.17. The summed E-state index contributed by atoms with van der Waals surface area (Å²) in [7, 11) is 1.72. The average Bonchev–Trinajstić information content (AvgIpc) is 2.90. The maximum absolute atomic E-state index is 14.8. The number of ether oxygens (including phenoxy) is 2. The zero-order valence-corrected chi connectivity index (χ0v) is 20.5. The lowest BCUT2D eigenvalue weighted by atomic mass is 9.81. The SMILES string of the molecule is COCCN[C@H]1CC[C@H](Nc2cc(-c3cccc(NCC4(C#N)CCOCC4)c3)c(F)cn2)CC1. The van der Waals surface area contributed by atoms with Crippen LogP contribution in [0.1, 0.15) is 38.5 Å². The summed E-state index contributed by atoms with van der Waals surface area (Å²) in [6.45, 7) is 3.37. The standard InChI is InChI=1S/C27H36FN5O2/c1-34-14-11-30-21-5-7-22(8-6-21)33-26-16-24(25(28)17-31-26)20-3-2-4-23(15-20)32-19-27(18-29)9-12-35-13-10-27/h2-4,15-17,21-22,30,32H,5-14,19H2,1H3,(H,31,33)/t21-,22-. The van der Waals surface area contributed by atoms with E-state index in [1.807, 2.05) is 24.3 Å². The van der Waals surface area contributed by atoms with Crippen molar-refractivity contribution in [3.05, 3.63) is 42.3 Å². The van der Waals surface area contributed by atoms with E-state index in [0.29, 0.717) is 43.2 Å². The molecule has 2 heterocycles. The van der Waals surface area contributed by atoms with E-state index in [0.717, 1.165) is 62.9 Å². The third kappa shape index (κ3) is 6.91. The number of aromatic nitrogens is 1. The summed E-state index contributed by atoms with van der Waals surface area (Å²) >= 11 is 0.